The molecule has 0 bridgehead atoms. The van der Waals surface area contributed by atoms with Crippen molar-refractivity contribution in [1.29, 1.82) is 0 Å². The largest absolute Gasteiger partial charge is 0.383 e. The van der Waals surface area contributed by atoms with Gasteiger partial charge < -0.3 is 14.6 Å². The molecule has 19 heavy (non-hydrogen) atoms. The summed E-state index contributed by atoms with van der Waals surface area (Å²) in [6, 6.07) is 9.66. The predicted molar refractivity (Wildman–Crippen MR) is 77.5 cm³/mol. The zero-order chi connectivity index (χ0) is 13.7. The molecule has 0 radical (unpaired) electrons. The number of fused-ring (bicyclic) bond motifs is 1. The summed E-state index contributed by atoms with van der Waals surface area (Å²) in [4.78, 5) is 11.8. The molecule has 4 nitrogen and oxygen atoms in total. The van der Waals surface area contributed by atoms with Crippen LogP contribution < -0.4 is 10.7 Å². The third kappa shape index (κ3) is 3.43. The van der Waals surface area contributed by atoms with Gasteiger partial charge in [0, 0.05) is 43.9 Å². The minimum absolute atomic E-state index is 0.0764. The van der Waals surface area contributed by atoms with Crippen molar-refractivity contribution in [2.45, 2.75) is 19.5 Å². The van der Waals surface area contributed by atoms with E-state index in [4.69, 9.17) is 4.74 Å². The van der Waals surface area contributed by atoms with Gasteiger partial charge in [-0.1, -0.05) is 12.1 Å². The van der Waals surface area contributed by atoms with E-state index in [9.17, 15) is 4.79 Å². The van der Waals surface area contributed by atoms with Gasteiger partial charge in [0.25, 0.3) is 0 Å². The number of benzene rings is 1. The van der Waals surface area contributed by atoms with Gasteiger partial charge in [0.15, 0.2) is 5.43 Å². The fraction of sp³-hybridized carbons (Fsp3) is 0.400. The Kier molecular flexibility index (Phi) is 4.71. The van der Waals surface area contributed by atoms with Crippen LogP contribution in [0.15, 0.2) is 41.3 Å². The number of hydrogen-bond acceptors (Lipinski definition) is 3. The minimum Gasteiger partial charge on any atom is -0.383 e. The first-order valence-corrected chi connectivity index (χ1v) is 6.53. The fourth-order valence-electron chi connectivity index (χ4n) is 2.20. The van der Waals surface area contributed by atoms with Crippen LogP contribution >= 0.6 is 0 Å². The third-order valence-corrected chi connectivity index (χ3v) is 3.15. The van der Waals surface area contributed by atoms with Crippen molar-refractivity contribution in [2.75, 3.05) is 20.3 Å². The van der Waals surface area contributed by atoms with Crippen molar-refractivity contribution in [3.8, 4) is 0 Å². The predicted octanol–water partition coefficient (Wildman–Crippen LogP) is 1.63. The maximum atomic E-state index is 11.8. The van der Waals surface area contributed by atoms with Gasteiger partial charge >= 0.3 is 0 Å². The Hall–Kier alpha value is -1.65. The van der Waals surface area contributed by atoms with Gasteiger partial charge in [0.05, 0.1) is 12.1 Å². The van der Waals surface area contributed by atoms with E-state index in [0.717, 1.165) is 24.0 Å². The van der Waals surface area contributed by atoms with Crippen LogP contribution in [-0.4, -0.2) is 30.9 Å². The van der Waals surface area contributed by atoms with Crippen molar-refractivity contribution in [1.82, 2.24) is 9.88 Å². The second-order valence-electron chi connectivity index (χ2n) is 4.70. The molecule has 4 heteroatoms. The van der Waals surface area contributed by atoms with Gasteiger partial charge in [-0.05, 0) is 19.1 Å². The zero-order valence-electron chi connectivity index (χ0n) is 11.4. The van der Waals surface area contributed by atoms with Crippen LogP contribution in [0, 0.1) is 0 Å². The number of pyridine rings is 1. The number of nitrogens with one attached hydrogen (secondary N) is 1. The summed E-state index contributed by atoms with van der Waals surface area (Å²) in [5, 5.41) is 4.16. The highest BCUT2D eigenvalue weighted by molar-refractivity contribution is 5.78. The van der Waals surface area contributed by atoms with Crippen LogP contribution in [0.5, 0.6) is 0 Å². The van der Waals surface area contributed by atoms with Crippen LogP contribution in [0.1, 0.15) is 6.92 Å². The summed E-state index contributed by atoms with van der Waals surface area (Å²) in [6.45, 7) is 4.46. The second kappa shape index (κ2) is 6.50. The standard InChI is InChI=1S/C15H20N2O2/c1-12(11-19-2)16-8-10-17-9-7-15(18)13-5-3-4-6-14(13)17/h3-7,9,12,16H,8,10-11H2,1-2H3. The Morgan fingerprint density at radius 1 is 1.32 bits per heavy atom. The number of nitrogens with zero attached hydrogens (tertiary/aromatic N) is 1. The van der Waals surface area contributed by atoms with E-state index >= 15 is 0 Å². The third-order valence-electron chi connectivity index (χ3n) is 3.15. The SMILES string of the molecule is COCC(C)NCCn1ccc(=O)c2ccccc21. The highest BCUT2D eigenvalue weighted by Crippen LogP contribution is 2.08. The lowest BCUT2D eigenvalue weighted by Crippen LogP contribution is -2.32. The molecule has 1 unspecified atom stereocenters. The molecule has 0 aliphatic rings. The van der Waals surface area contributed by atoms with Gasteiger partial charge in [-0.3, -0.25) is 4.79 Å². The van der Waals surface area contributed by atoms with Crippen LogP contribution in [-0.2, 0) is 11.3 Å². The van der Waals surface area contributed by atoms with E-state index in [2.05, 4.69) is 16.8 Å². The maximum Gasteiger partial charge on any atom is 0.189 e. The molecular formula is C15H20N2O2. The summed E-state index contributed by atoms with van der Waals surface area (Å²) in [5.41, 5.74) is 1.06. The molecule has 0 fully saturated rings. The molecule has 1 aromatic carbocycles. The lowest BCUT2D eigenvalue weighted by Gasteiger charge is -2.15. The normalized spacial score (nSPS) is 12.7. The van der Waals surface area contributed by atoms with Crippen molar-refractivity contribution >= 4 is 10.9 Å². The van der Waals surface area contributed by atoms with Crippen molar-refractivity contribution in [3.63, 3.8) is 0 Å². The van der Waals surface area contributed by atoms with Gasteiger partial charge in [-0.15, -0.1) is 0 Å². The van der Waals surface area contributed by atoms with E-state index in [1.807, 2.05) is 30.5 Å². The molecule has 0 saturated carbocycles. The van der Waals surface area contributed by atoms with E-state index < -0.39 is 0 Å². The maximum absolute atomic E-state index is 11.8. The van der Waals surface area contributed by atoms with Crippen LogP contribution in [0.2, 0.25) is 0 Å². The Balaban J connectivity index is 2.09. The summed E-state index contributed by atoms with van der Waals surface area (Å²) < 4.78 is 7.18. The zero-order valence-corrected chi connectivity index (χ0v) is 11.4. The molecule has 0 saturated heterocycles. The Morgan fingerprint density at radius 2 is 2.11 bits per heavy atom. The fourth-order valence-corrected chi connectivity index (χ4v) is 2.20. The number of para-hydroxylation sites is 1. The van der Waals surface area contributed by atoms with Crippen molar-refractivity contribution in [2.24, 2.45) is 0 Å². The Labute approximate surface area is 113 Å². The average Bonchev–Trinajstić information content (AvgIpc) is 2.42. The number of methoxy groups -OCH3 is 1. The number of ether oxygens (including phenoxy) is 1. The summed E-state index contributed by atoms with van der Waals surface area (Å²) in [7, 11) is 1.70. The molecule has 1 heterocycles. The topological polar surface area (TPSA) is 43.3 Å². The average molecular weight is 260 g/mol. The molecule has 2 aromatic rings. The monoisotopic (exact) mass is 260 g/mol. The minimum atomic E-state index is 0.0764. The first-order chi connectivity index (χ1) is 9.22. The van der Waals surface area contributed by atoms with Crippen molar-refractivity contribution in [3.05, 3.63) is 46.8 Å². The second-order valence-corrected chi connectivity index (χ2v) is 4.70. The summed E-state index contributed by atoms with van der Waals surface area (Å²) >= 11 is 0. The molecule has 0 spiro atoms. The van der Waals surface area contributed by atoms with E-state index in [1.165, 1.54) is 0 Å². The van der Waals surface area contributed by atoms with Crippen LogP contribution in [0.4, 0.5) is 0 Å². The number of aromatic nitrogens is 1. The lowest BCUT2D eigenvalue weighted by atomic mass is 10.2. The smallest absolute Gasteiger partial charge is 0.189 e. The van der Waals surface area contributed by atoms with E-state index in [-0.39, 0.29) is 5.43 Å². The van der Waals surface area contributed by atoms with Crippen molar-refractivity contribution < 1.29 is 4.74 Å². The first kappa shape index (κ1) is 13.8. The lowest BCUT2D eigenvalue weighted by molar-refractivity contribution is 0.172. The number of hydrogen-bond donors (Lipinski definition) is 1. The summed E-state index contributed by atoms with van der Waals surface area (Å²) in [5.74, 6) is 0. The molecular weight excluding hydrogens is 240 g/mol. The van der Waals surface area contributed by atoms with E-state index in [1.54, 1.807) is 13.2 Å². The molecule has 1 N–H and O–H groups in total. The van der Waals surface area contributed by atoms with Gasteiger partial charge in [0.2, 0.25) is 0 Å². The highest BCUT2D eigenvalue weighted by atomic mass is 16.5. The molecule has 1 aromatic heterocycles. The van der Waals surface area contributed by atoms with Gasteiger partial charge in [-0.2, -0.15) is 0 Å². The highest BCUT2D eigenvalue weighted by Gasteiger charge is 2.03. The first-order valence-electron chi connectivity index (χ1n) is 6.53. The Morgan fingerprint density at radius 3 is 2.89 bits per heavy atom. The van der Waals surface area contributed by atoms with Crippen LogP contribution in [0.3, 0.4) is 0 Å². The van der Waals surface area contributed by atoms with E-state index in [0.29, 0.717) is 12.6 Å². The quantitative estimate of drug-likeness (QED) is 0.858. The molecule has 0 aliphatic heterocycles. The van der Waals surface area contributed by atoms with Gasteiger partial charge in [0.1, 0.15) is 0 Å². The molecule has 2 rings (SSSR count). The molecule has 102 valence electrons. The van der Waals surface area contributed by atoms with Crippen LogP contribution in [0.25, 0.3) is 10.9 Å². The molecule has 0 amide bonds. The molecule has 0 aliphatic carbocycles. The summed E-state index contributed by atoms with van der Waals surface area (Å²) in [6.07, 6.45) is 1.85. The van der Waals surface area contributed by atoms with Gasteiger partial charge in [-0.25, -0.2) is 0 Å². The Bertz CT molecular complexity index is 592. The molecule has 1 atom stereocenters. The number of rotatable bonds is 6.